The predicted molar refractivity (Wildman–Crippen MR) is 61.6 cm³/mol. The quantitative estimate of drug-likeness (QED) is 0.777. The molecule has 1 saturated heterocycles. The molecule has 90 valence electrons. The van der Waals surface area contributed by atoms with E-state index in [9.17, 15) is 8.42 Å². The normalized spacial score (nSPS) is 21.4. The fraction of sp³-hybridized carbons (Fsp3) is 0.600. The first kappa shape index (κ1) is 11.6. The van der Waals surface area contributed by atoms with Crippen molar-refractivity contribution in [3.63, 3.8) is 0 Å². The first-order chi connectivity index (χ1) is 7.58. The van der Waals surface area contributed by atoms with E-state index in [0.29, 0.717) is 17.4 Å². The van der Waals surface area contributed by atoms with Crippen LogP contribution >= 0.6 is 0 Å². The smallest absolute Gasteiger partial charge is 0.242 e. The second-order valence-corrected chi connectivity index (χ2v) is 5.99. The van der Waals surface area contributed by atoms with Crippen molar-refractivity contribution in [2.24, 2.45) is 13.0 Å². The van der Waals surface area contributed by atoms with Gasteiger partial charge in [-0.25, -0.2) is 13.1 Å². The van der Waals surface area contributed by atoms with Crippen molar-refractivity contribution in [2.75, 3.05) is 19.6 Å². The van der Waals surface area contributed by atoms with Gasteiger partial charge in [0.1, 0.15) is 0 Å². The predicted octanol–water partition coefficient (Wildman–Crippen LogP) is -0.0871. The molecule has 1 aromatic heterocycles. The van der Waals surface area contributed by atoms with Crippen LogP contribution in [0.15, 0.2) is 23.4 Å². The van der Waals surface area contributed by atoms with Crippen molar-refractivity contribution in [1.29, 1.82) is 0 Å². The van der Waals surface area contributed by atoms with Gasteiger partial charge in [0.15, 0.2) is 0 Å². The summed E-state index contributed by atoms with van der Waals surface area (Å²) in [6.07, 6.45) is 4.37. The zero-order valence-electron chi connectivity index (χ0n) is 9.31. The minimum Gasteiger partial charge on any atom is -0.356 e. The third kappa shape index (κ3) is 2.63. The Labute approximate surface area is 95.9 Å². The Morgan fingerprint density at radius 3 is 3.00 bits per heavy atom. The highest BCUT2D eigenvalue weighted by Crippen LogP contribution is 2.10. The highest BCUT2D eigenvalue weighted by atomic mass is 32.2. The first-order valence-corrected chi connectivity index (χ1v) is 6.88. The summed E-state index contributed by atoms with van der Waals surface area (Å²) < 4.78 is 28.1. The van der Waals surface area contributed by atoms with Gasteiger partial charge in [0, 0.05) is 26.0 Å². The minimum atomic E-state index is -3.33. The second-order valence-electron chi connectivity index (χ2n) is 4.22. The fourth-order valence-electron chi connectivity index (χ4n) is 1.84. The van der Waals surface area contributed by atoms with Gasteiger partial charge in [-0.1, -0.05) is 0 Å². The maximum atomic E-state index is 11.9. The van der Waals surface area contributed by atoms with Crippen molar-refractivity contribution >= 4 is 10.0 Å². The zero-order chi connectivity index (χ0) is 11.6. The third-order valence-electron chi connectivity index (χ3n) is 2.84. The van der Waals surface area contributed by atoms with E-state index in [-0.39, 0.29) is 0 Å². The first-order valence-electron chi connectivity index (χ1n) is 5.40. The van der Waals surface area contributed by atoms with Crippen molar-refractivity contribution in [3.8, 4) is 0 Å². The van der Waals surface area contributed by atoms with Gasteiger partial charge >= 0.3 is 0 Å². The number of aryl methyl sites for hydroxylation is 1. The Hall–Kier alpha value is -0.850. The average molecular weight is 243 g/mol. The SMILES string of the molecule is Cn1ccc(S(=O)(=O)NCC2CCNC2)c1. The molecule has 6 heteroatoms. The van der Waals surface area contributed by atoms with Crippen LogP contribution in [-0.4, -0.2) is 32.6 Å². The highest BCUT2D eigenvalue weighted by molar-refractivity contribution is 7.89. The van der Waals surface area contributed by atoms with E-state index in [1.165, 1.54) is 0 Å². The molecule has 0 aliphatic carbocycles. The Morgan fingerprint density at radius 2 is 2.44 bits per heavy atom. The molecule has 1 aliphatic heterocycles. The van der Waals surface area contributed by atoms with Gasteiger partial charge in [-0.2, -0.15) is 0 Å². The zero-order valence-corrected chi connectivity index (χ0v) is 10.1. The molecule has 1 unspecified atom stereocenters. The molecule has 16 heavy (non-hydrogen) atoms. The van der Waals surface area contributed by atoms with Gasteiger partial charge in [-0.05, 0) is 31.5 Å². The summed E-state index contributed by atoms with van der Waals surface area (Å²) in [6, 6.07) is 1.61. The summed E-state index contributed by atoms with van der Waals surface area (Å²) >= 11 is 0. The minimum absolute atomic E-state index is 0.334. The fourth-order valence-corrected chi connectivity index (χ4v) is 3.00. The molecule has 1 aromatic rings. The summed E-state index contributed by atoms with van der Waals surface area (Å²) in [7, 11) is -1.52. The average Bonchev–Trinajstić information content (AvgIpc) is 2.85. The number of nitrogens with one attached hydrogen (secondary N) is 2. The lowest BCUT2D eigenvalue weighted by atomic mass is 10.1. The van der Waals surface area contributed by atoms with Crippen molar-refractivity contribution in [2.45, 2.75) is 11.3 Å². The molecule has 0 radical (unpaired) electrons. The molecular formula is C10H17N3O2S. The number of sulfonamides is 1. The number of hydrogen-bond acceptors (Lipinski definition) is 3. The molecule has 0 saturated carbocycles. The van der Waals surface area contributed by atoms with Crippen LogP contribution in [0.4, 0.5) is 0 Å². The van der Waals surface area contributed by atoms with E-state index in [2.05, 4.69) is 10.0 Å². The molecule has 1 fully saturated rings. The Kier molecular flexibility index (Phi) is 3.32. The van der Waals surface area contributed by atoms with E-state index in [4.69, 9.17) is 0 Å². The number of nitrogens with zero attached hydrogens (tertiary/aromatic N) is 1. The van der Waals surface area contributed by atoms with E-state index in [1.807, 2.05) is 0 Å². The molecule has 1 atom stereocenters. The Morgan fingerprint density at radius 1 is 1.62 bits per heavy atom. The van der Waals surface area contributed by atoms with Crippen LogP contribution in [0, 0.1) is 5.92 Å². The molecule has 0 aromatic carbocycles. The van der Waals surface area contributed by atoms with E-state index in [1.54, 1.807) is 30.1 Å². The maximum absolute atomic E-state index is 11.9. The number of hydrogen-bond donors (Lipinski definition) is 2. The van der Waals surface area contributed by atoms with Crippen molar-refractivity contribution in [3.05, 3.63) is 18.5 Å². The lowest BCUT2D eigenvalue weighted by Crippen LogP contribution is -2.30. The molecule has 1 aliphatic rings. The summed E-state index contributed by atoms with van der Waals surface area (Å²) in [6.45, 7) is 2.40. The van der Waals surface area contributed by atoms with Gasteiger partial charge in [0.2, 0.25) is 10.0 Å². The molecule has 0 amide bonds. The van der Waals surface area contributed by atoms with Gasteiger partial charge in [-0.15, -0.1) is 0 Å². The maximum Gasteiger partial charge on any atom is 0.242 e. The van der Waals surface area contributed by atoms with E-state index in [0.717, 1.165) is 19.5 Å². The third-order valence-corrected chi connectivity index (χ3v) is 4.25. The van der Waals surface area contributed by atoms with Crippen LogP contribution in [0.2, 0.25) is 0 Å². The largest absolute Gasteiger partial charge is 0.356 e. The second kappa shape index (κ2) is 4.57. The highest BCUT2D eigenvalue weighted by Gasteiger charge is 2.19. The van der Waals surface area contributed by atoms with E-state index >= 15 is 0 Å². The number of aromatic nitrogens is 1. The number of rotatable bonds is 4. The monoisotopic (exact) mass is 243 g/mol. The van der Waals surface area contributed by atoms with Crippen LogP contribution in [0.5, 0.6) is 0 Å². The Bertz CT molecular complexity index is 446. The van der Waals surface area contributed by atoms with Crippen molar-refractivity contribution < 1.29 is 8.42 Å². The van der Waals surface area contributed by atoms with Crippen LogP contribution in [0.3, 0.4) is 0 Å². The summed E-state index contributed by atoms with van der Waals surface area (Å²) in [5, 5.41) is 3.21. The van der Waals surface area contributed by atoms with Gasteiger partial charge in [0.05, 0.1) is 4.90 Å². The van der Waals surface area contributed by atoms with Crippen LogP contribution in [0.25, 0.3) is 0 Å². The Balaban J connectivity index is 1.97. The molecule has 2 rings (SSSR count). The van der Waals surface area contributed by atoms with Crippen molar-refractivity contribution in [1.82, 2.24) is 14.6 Å². The van der Waals surface area contributed by atoms with Gasteiger partial charge in [-0.3, -0.25) is 0 Å². The molecule has 2 heterocycles. The van der Waals surface area contributed by atoms with Gasteiger partial charge < -0.3 is 9.88 Å². The summed E-state index contributed by atoms with van der Waals surface area (Å²) in [5.41, 5.74) is 0. The lowest BCUT2D eigenvalue weighted by molar-refractivity contribution is 0.538. The molecule has 0 spiro atoms. The van der Waals surface area contributed by atoms with Crippen LogP contribution in [0.1, 0.15) is 6.42 Å². The molecule has 2 N–H and O–H groups in total. The molecule has 0 bridgehead atoms. The molecule has 5 nitrogen and oxygen atoms in total. The topological polar surface area (TPSA) is 63.1 Å². The summed E-state index contributed by atoms with van der Waals surface area (Å²) in [4.78, 5) is 0.334. The molecular weight excluding hydrogens is 226 g/mol. The van der Waals surface area contributed by atoms with Gasteiger partial charge in [0.25, 0.3) is 0 Å². The lowest BCUT2D eigenvalue weighted by Gasteiger charge is -2.09. The van der Waals surface area contributed by atoms with Crippen LogP contribution in [-0.2, 0) is 17.1 Å². The van der Waals surface area contributed by atoms with Crippen LogP contribution < -0.4 is 10.0 Å². The van der Waals surface area contributed by atoms with E-state index < -0.39 is 10.0 Å². The summed E-state index contributed by atoms with van der Waals surface area (Å²) in [5.74, 6) is 0.415. The standard InChI is InChI=1S/C10H17N3O2S/c1-13-5-3-10(8-13)16(14,15)12-7-9-2-4-11-6-9/h3,5,8-9,11-12H,2,4,6-7H2,1H3.